The van der Waals surface area contributed by atoms with E-state index in [0.717, 1.165) is 23.9 Å². The maximum absolute atomic E-state index is 5.37. The first-order valence-electron chi connectivity index (χ1n) is 4.42. The van der Waals surface area contributed by atoms with Gasteiger partial charge in [-0.1, -0.05) is 40.2 Å². The third kappa shape index (κ3) is 4.25. The lowest BCUT2D eigenvalue weighted by Gasteiger charge is -1.96. The zero-order valence-corrected chi connectivity index (χ0v) is 9.13. The van der Waals surface area contributed by atoms with Crippen molar-refractivity contribution in [3.63, 3.8) is 0 Å². The molecule has 1 aromatic carbocycles. The highest BCUT2D eigenvalue weighted by Crippen LogP contribution is 2.12. The van der Waals surface area contributed by atoms with Crippen molar-refractivity contribution in [3.8, 4) is 0 Å². The molecule has 13 heavy (non-hydrogen) atoms. The van der Waals surface area contributed by atoms with Gasteiger partial charge in [0.05, 0.1) is 0 Å². The Kier molecular flexibility index (Phi) is 4.79. The third-order valence-electron chi connectivity index (χ3n) is 1.74. The molecule has 1 rings (SSSR count). The van der Waals surface area contributed by atoms with Crippen molar-refractivity contribution >= 4 is 15.9 Å². The van der Waals surface area contributed by atoms with E-state index in [1.54, 1.807) is 0 Å². The fourth-order valence-corrected chi connectivity index (χ4v) is 1.54. The average molecular weight is 240 g/mol. The minimum Gasteiger partial charge on any atom is -0.330 e. The van der Waals surface area contributed by atoms with E-state index in [4.69, 9.17) is 5.73 Å². The van der Waals surface area contributed by atoms with Gasteiger partial charge < -0.3 is 5.73 Å². The highest BCUT2D eigenvalue weighted by molar-refractivity contribution is 9.10. The van der Waals surface area contributed by atoms with Crippen molar-refractivity contribution in [2.24, 2.45) is 5.73 Å². The summed E-state index contributed by atoms with van der Waals surface area (Å²) in [4.78, 5) is 0. The van der Waals surface area contributed by atoms with Crippen molar-refractivity contribution in [2.45, 2.75) is 12.8 Å². The van der Waals surface area contributed by atoms with Gasteiger partial charge in [-0.2, -0.15) is 0 Å². The fourth-order valence-electron chi connectivity index (χ4n) is 1.10. The van der Waals surface area contributed by atoms with Gasteiger partial charge in [0.1, 0.15) is 0 Å². The lowest BCUT2D eigenvalue weighted by atomic mass is 10.1. The summed E-state index contributed by atoms with van der Waals surface area (Å²) in [6, 6.07) is 8.34. The number of benzene rings is 1. The molecular formula is C11H14BrN. The Labute approximate surface area is 87.8 Å². The van der Waals surface area contributed by atoms with Crippen LogP contribution in [0.5, 0.6) is 0 Å². The second-order valence-electron chi connectivity index (χ2n) is 2.88. The molecule has 1 aromatic rings. The summed E-state index contributed by atoms with van der Waals surface area (Å²) in [7, 11) is 0. The van der Waals surface area contributed by atoms with E-state index in [0.29, 0.717) is 0 Å². The summed E-state index contributed by atoms with van der Waals surface area (Å²) in [5, 5.41) is 0. The Balaban J connectivity index is 2.45. The average Bonchev–Trinajstić information content (AvgIpc) is 2.13. The molecule has 1 nitrogen and oxygen atoms in total. The predicted molar refractivity (Wildman–Crippen MR) is 60.7 cm³/mol. The largest absolute Gasteiger partial charge is 0.330 e. The maximum Gasteiger partial charge on any atom is 0.0178 e. The van der Waals surface area contributed by atoms with Gasteiger partial charge in [-0.15, -0.1) is 0 Å². The lowest BCUT2D eigenvalue weighted by Crippen LogP contribution is -1.95. The zero-order chi connectivity index (χ0) is 9.52. The van der Waals surface area contributed by atoms with Gasteiger partial charge in [-0.25, -0.2) is 0 Å². The molecule has 0 amide bonds. The quantitative estimate of drug-likeness (QED) is 0.804. The molecule has 0 saturated carbocycles. The van der Waals surface area contributed by atoms with E-state index in [1.807, 2.05) is 6.07 Å². The Morgan fingerprint density at radius 3 is 2.85 bits per heavy atom. The number of hydrogen-bond donors (Lipinski definition) is 1. The minimum absolute atomic E-state index is 0.731. The van der Waals surface area contributed by atoms with Crippen LogP contribution < -0.4 is 5.73 Å². The van der Waals surface area contributed by atoms with E-state index in [2.05, 4.69) is 46.3 Å². The van der Waals surface area contributed by atoms with Crippen molar-refractivity contribution in [1.82, 2.24) is 0 Å². The first kappa shape index (κ1) is 10.5. The van der Waals surface area contributed by atoms with Gasteiger partial charge in [-0.3, -0.25) is 0 Å². The Hall–Kier alpha value is -0.600. The summed E-state index contributed by atoms with van der Waals surface area (Å²) >= 11 is 3.44. The molecular weight excluding hydrogens is 226 g/mol. The molecule has 0 bridgehead atoms. The molecule has 0 heterocycles. The van der Waals surface area contributed by atoms with Crippen LogP contribution >= 0.6 is 15.9 Å². The summed E-state index contributed by atoms with van der Waals surface area (Å²) in [6.07, 6.45) is 6.24. The number of allylic oxidation sites excluding steroid dienone is 1. The molecule has 2 heteroatoms. The summed E-state index contributed by atoms with van der Waals surface area (Å²) in [5.74, 6) is 0. The molecule has 2 N–H and O–H groups in total. The predicted octanol–water partition coefficient (Wildman–Crippen LogP) is 2.90. The van der Waals surface area contributed by atoms with Crippen LogP contribution in [0.3, 0.4) is 0 Å². The van der Waals surface area contributed by atoms with Gasteiger partial charge in [0.15, 0.2) is 0 Å². The van der Waals surface area contributed by atoms with Crippen LogP contribution in [-0.4, -0.2) is 6.54 Å². The highest BCUT2D eigenvalue weighted by atomic mass is 79.9. The Bertz CT molecular complexity index is 281. The molecule has 0 saturated heterocycles. The standard InChI is InChI=1S/C11H14BrN/c12-11-7-4-6-10(9-11)5-2-1-3-8-13/h1-2,4,6-7,9H,3,5,8,13H2. The van der Waals surface area contributed by atoms with Crippen molar-refractivity contribution in [1.29, 1.82) is 0 Å². The van der Waals surface area contributed by atoms with Gasteiger partial charge in [0, 0.05) is 4.47 Å². The zero-order valence-electron chi connectivity index (χ0n) is 7.54. The van der Waals surface area contributed by atoms with Crippen LogP contribution in [0.25, 0.3) is 0 Å². The fraction of sp³-hybridized carbons (Fsp3) is 0.273. The van der Waals surface area contributed by atoms with Crippen LogP contribution in [0.2, 0.25) is 0 Å². The number of nitrogens with two attached hydrogens (primary N) is 1. The molecule has 0 spiro atoms. The maximum atomic E-state index is 5.37. The van der Waals surface area contributed by atoms with Crippen LogP contribution in [0.15, 0.2) is 40.9 Å². The Morgan fingerprint density at radius 2 is 2.15 bits per heavy atom. The molecule has 0 atom stereocenters. The summed E-state index contributed by atoms with van der Waals surface area (Å²) in [6.45, 7) is 0.731. The topological polar surface area (TPSA) is 26.0 Å². The first-order chi connectivity index (χ1) is 6.33. The van der Waals surface area contributed by atoms with Crippen LogP contribution in [0, 0.1) is 0 Å². The molecule has 0 unspecified atom stereocenters. The normalized spacial score (nSPS) is 10.9. The number of hydrogen-bond acceptors (Lipinski definition) is 1. The molecule has 0 aliphatic carbocycles. The van der Waals surface area contributed by atoms with Crippen molar-refractivity contribution < 1.29 is 0 Å². The minimum atomic E-state index is 0.731. The van der Waals surface area contributed by atoms with Crippen LogP contribution in [-0.2, 0) is 6.42 Å². The molecule has 0 radical (unpaired) electrons. The third-order valence-corrected chi connectivity index (χ3v) is 2.24. The van der Waals surface area contributed by atoms with E-state index in [-0.39, 0.29) is 0 Å². The monoisotopic (exact) mass is 239 g/mol. The van der Waals surface area contributed by atoms with Crippen LogP contribution in [0.1, 0.15) is 12.0 Å². The van der Waals surface area contributed by atoms with E-state index in [1.165, 1.54) is 5.56 Å². The molecule has 70 valence electrons. The van der Waals surface area contributed by atoms with Crippen molar-refractivity contribution in [3.05, 3.63) is 46.5 Å². The molecule has 0 aliphatic rings. The molecule has 0 aromatic heterocycles. The SMILES string of the molecule is NCCC=CCc1cccc(Br)c1. The number of rotatable bonds is 4. The smallest absolute Gasteiger partial charge is 0.0178 e. The van der Waals surface area contributed by atoms with Gasteiger partial charge in [0.2, 0.25) is 0 Å². The lowest BCUT2D eigenvalue weighted by molar-refractivity contribution is 1.00. The Morgan fingerprint density at radius 1 is 1.31 bits per heavy atom. The van der Waals surface area contributed by atoms with Gasteiger partial charge in [-0.05, 0) is 37.1 Å². The molecule has 0 aliphatic heterocycles. The van der Waals surface area contributed by atoms with Gasteiger partial charge >= 0.3 is 0 Å². The van der Waals surface area contributed by atoms with Gasteiger partial charge in [0.25, 0.3) is 0 Å². The summed E-state index contributed by atoms with van der Waals surface area (Å²) < 4.78 is 1.14. The second-order valence-corrected chi connectivity index (χ2v) is 3.80. The van der Waals surface area contributed by atoms with E-state index >= 15 is 0 Å². The van der Waals surface area contributed by atoms with E-state index in [9.17, 15) is 0 Å². The highest BCUT2D eigenvalue weighted by Gasteiger charge is 1.89. The van der Waals surface area contributed by atoms with Crippen LogP contribution in [0.4, 0.5) is 0 Å². The summed E-state index contributed by atoms with van der Waals surface area (Å²) in [5.41, 5.74) is 6.70. The van der Waals surface area contributed by atoms with Crippen molar-refractivity contribution in [2.75, 3.05) is 6.54 Å². The second kappa shape index (κ2) is 5.95. The number of halogens is 1. The molecule has 0 fully saturated rings. The first-order valence-corrected chi connectivity index (χ1v) is 5.21. The van der Waals surface area contributed by atoms with E-state index < -0.39 is 0 Å².